The van der Waals surface area contributed by atoms with E-state index in [2.05, 4.69) is 0 Å². The van der Waals surface area contributed by atoms with Gasteiger partial charge in [-0.15, -0.1) is 0 Å². The summed E-state index contributed by atoms with van der Waals surface area (Å²) in [5, 5.41) is 7.94. The first-order chi connectivity index (χ1) is 10.4. The zero-order valence-electron chi connectivity index (χ0n) is 10.5. The lowest BCUT2D eigenvalue weighted by atomic mass is 9.67. The van der Waals surface area contributed by atoms with E-state index in [1.807, 2.05) is 0 Å². The van der Waals surface area contributed by atoms with Crippen molar-refractivity contribution in [2.24, 2.45) is 5.41 Å². The van der Waals surface area contributed by atoms with Crippen LogP contribution in [0.3, 0.4) is 0 Å². The van der Waals surface area contributed by atoms with Gasteiger partial charge in [0.2, 0.25) is 0 Å². The number of halogens is 15. The Bertz CT molecular complexity index is 506. The molecule has 0 spiro atoms. The molecular weight excluding hydrogens is 413 g/mol. The van der Waals surface area contributed by atoms with Crippen molar-refractivity contribution in [2.45, 2.75) is 36.3 Å². The molecule has 25 heavy (non-hydrogen) atoms. The molecule has 150 valence electrons. The molecule has 0 aromatic rings. The van der Waals surface area contributed by atoms with Crippen LogP contribution in [0.4, 0.5) is 65.9 Å². The van der Waals surface area contributed by atoms with Gasteiger partial charge in [-0.05, 0) is 0 Å². The second kappa shape index (κ2) is 5.46. The van der Waals surface area contributed by atoms with Gasteiger partial charge in [0.25, 0.3) is 0 Å². The fourth-order valence-electron chi connectivity index (χ4n) is 1.76. The van der Waals surface area contributed by atoms with Crippen molar-refractivity contribution >= 4 is 5.97 Å². The molecule has 1 N–H and O–H groups in total. The molecule has 0 heterocycles. The maximum atomic E-state index is 13.7. The van der Waals surface area contributed by atoms with Crippen LogP contribution in [-0.2, 0) is 4.79 Å². The lowest BCUT2D eigenvalue weighted by Crippen LogP contribution is -2.79. The fourth-order valence-corrected chi connectivity index (χ4v) is 1.76. The number of alkyl halides is 15. The third-order valence-electron chi connectivity index (χ3n) is 2.87. The normalized spacial score (nSPS) is 18.0. The first-order valence-electron chi connectivity index (χ1n) is 5.01. The minimum absolute atomic E-state index is 5.00. The van der Waals surface area contributed by atoms with Crippen molar-refractivity contribution in [3.63, 3.8) is 0 Å². The highest BCUT2D eigenvalue weighted by Gasteiger charge is 3.00. The summed E-state index contributed by atoms with van der Waals surface area (Å²) in [4.78, 5) is 10.3. The quantitative estimate of drug-likeness (QED) is 0.683. The molecule has 1 atom stereocenters. The van der Waals surface area contributed by atoms with Crippen LogP contribution in [0.2, 0.25) is 0 Å². The van der Waals surface area contributed by atoms with Crippen molar-refractivity contribution in [3.05, 3.63) is 0 Å². The van der Waals surface area contributed by atoms with Crippen LogP contribution < -0.4 is 0 Å². The average molecular weight is 414 g/mol. The van der Waals surface area contributed by atoms with E-state index in [9.17, 15) is 70.7 Å². The summed E-state index contributed by atoms with van der Waals surface area (Å²) in [5.74, 6) is -13.5. The summed E-state index contributed by atoms with van der Waals surface area (Å²) < 4.78 is 188. The number of carboxylic acids is 1. The first kappa shape index (κ1) is 23.4. The molecule has 17 heteroatoms. The molecule has 0 aliphatic rings. The SMILES string of the molecule is O=C(O)C(C(F)(F)F)(C(F)(F)F)C(F)(C(F)(F)F)C(F)(F)C(F)(F)F. The minimum Gasteiger partial charge on any atom is -0.480 e. The van der Waals surface area contributed by atoms with Crippen LogP contribution in [0.1, 0.15) is 0 Å². The number of hydrogen-bond donors (Lipinski definition) is 1. The fraction of sp³-hybridized carbons (Fsp3) is 0.875. The van der Waals surface area contributed by atoms with E-state index in [1.165, 1.54) is 0 Å². The second-order valence-corrected chi connectivity index (χ2v) is 4.28. The number of carboxylic acid groups (broad SMARTS) is 1. The second-order valence-electron chi connectivity index (χ2n) is 4.28. The van der Waals surface area contributed by atoms with Crippen LogP contribution in [0.5, 0.6) is 0 Å². The van der Waals surface area contributed by atoms with E-state index in [4.69, 9.17) is 5.11 Å². The molecule has 0 rings (SSSR count). The molecule has 0 aromatic heterocycles. The largest absolute Gasteiger partial charge is 0.480 e. The number of aliphatic carboxylic acids is 1. The van der Waals surface area contributed by atoms with E-state index < -0.39 is 47.7 Å². The Balaban J connectivity index is 7.64. The maximum absolute atomic E-state index is 13.7. The van der Waals surface area contributed by atoms with E-state index >= 15 is 0 Å². The Kier molecular flexibility index (Phi) is 5.11. The minimum atomic E-state index is -8.69. The monoisotopic (exact) mass is 414 g/mol. The highest BCUT2D eigenvalue weighted by atomic mass is 19.4. The van der Waals surface area contributed by atoms with Gasteiger partial charge in [-0.3, -0.25) is 4.79 Å². The Hall–Kier alpha value is -1.58. The maximum Gasteiger partial charge on any atom is 0.457 e. The highest BCUT2D eigenvalue weighted by Crippen LogP contribution is 2.69. The van der Waals surface area contributed by atoms with Gasteiger partial charge >= 0.3 is 47.7 Å². The van der Waals surface area contributed by atoms with E-state index in [0.29, 0.717) is 0 Å². The molecule has 1 unspecified atom stereocenters. The Morgan fingerprint density at radius 3 is 0.920 bits per heavy atom. The molecular formula is C8HF15O2. The standard InChI is InChI=1S/C8HF15O2/c9-3(7(18,19)20,4(10,11)8(21,22)23)2(1(24)25,5(12,13)14)6(15,16)17/h(H,24,25). The summed E-state index contributed by atoms with van der Waals surface area (Å²) in [6.45, 7) is 0. The highest BCUT2D eigenvalue weighted by molar-refractivity contribution is 5.79. The summed E-state index contributed by atoms with van der Waals surface area (Å²) in [7, 11) is 0. The Morgan fingerprint density at radius 1 is 0.520 bits per heavy atom. The van der Waals surface area contributed by atoms with Crippen molar-refractivity contribution in [1.82, 2.24) is 0 Å². The summed E-state index contributed by atoms with van der Waals surface area (Å²) in [5.41, 5.74) is -16.9. The van der Waals surface area contributed by atoms with Gasteiger partial charge in [0.15, 0.2) is 0 Å². The number of rotatable bonds is 3. The molecule has 0 fully saturated rings. The molecule has 0 aromatic carbocycles. The Morgan fingerprint density at radius 2 is 0.800 bits per heavy atom. The van der Waals surface area contributed by atoms with E-state index in [1.54, 1.807) is 0 Å². The lowest BCUT2D eigenvalue weighted by molar-refractivity contribution is -0.466. The van der Waals surface area contributed by atoms with E-state index in [-0.39, 0.29) is 0 Å². The molecule has 0 aliphatic heterocycles. The molecule has 0 bridgehead atoms. The molecule has 0 amide bonds. The van der Waals surface area contributed by atoms with Gasteiger partial charge in [0.1, 0.15) is 0 Å². The summed E-state index contributed by atoms with van der Waals surface area (Å²) in [6.07, 6.45) is -32.5. The molecule has 0 saturated carbocycles. The third kappa shape index (κ3) is 2.74. The first-order valence-corrected chi connectivity index (χ1v) is 5.01. The summed E-state index contributed by atoms with van der Waals surface area (Å²) in [6, 6.07) is 0. The smallest absolute Gasteiger partial charge is 0.457 e. The number of hydrogen-bond acceptors (Lipinski definition) is 1. The average Bonchev–Trinajstić information content (AvgIpc) is 2.20. The van der Waals surface area contributed by atoms with Crippen molar-refractivity contribution in [2.75, 3.05) is 0 Å². The topological polar surface area (TPSA) is 37.3 Å². The van der Waals surface area contributed by atoms with Crippen LogP contribution in [0.15, 0.2) is 0 Å². The third-order valence-corrected chi connectivity index (χ3v) is 2.87. The molecule has 0 aliphatic carbocycles. The number of carbonyl (C=O) groups is 1. The summed E-state index contributed by atoms with van der Waals surface area (Å²) >= 11 is 0. The van der Waals surface area contributed by atoms with Crippen molar-refractivity contribution < 1.29 is 75.8 Å². The van der Waals surface area contributed by atoms with Crippen LogP contribution in [0, 0.1) is 5.41 Å². The van der Waals surface area contributed by atoms with Crippen LogP contribution in [0.25, 0.3) is 0 Å². The zero-order chi connectivity index (χ0) is 21.1. The van der Waals surface area contributed by atoms with Crippen molar-refractivity contribution in [1.29, 1.82) is 0 Å². The van der Waals surface area contributed by atoms with Gasteiger partial charge in [0, 0.05) is 0 Å². The predicted octanol–water partition coefficient (Wildman–Crippen LogP) is 4.65. The molecule has 0 saturated heterocycles. The lowest BCUT2D eigenvalue weighted by Gasteiger charge is -2.47. The van der Waals surface area contributed by atoms with Gasteiger partial charge in [-0.1, -0.05) is 0 Å². The molecule has 0 radical (unpaired) electrons. The van der Waals surface area contributed by atoms with Gasteiger partial charge in [-0.2, -0.15) is 61.5 Å². The van der Waals surface area contributed by atoms with Crippen molar-refractivity contribution in [3.8, 4) is 0 Å². The van der Waals surface area contributed by atoms with Gasteiger partial charge in [0.05, 0.1) is 0 Å². The van der Waals surface area contributed by atoms with Crippen LogP contribution >= 0.6 is 0 Å². The van der Waals surface area contributed by atoms with Gasteiger partial charge < -0.3 is 5.11 Å². The molecule has 2 nitrogen and oxygen atoms in total. The van der Waals surface area contributed by atoms with Crippen LogP contribution in [-0.4, -0.2) is 47.4 Å². The Labute approximate surface area is 125 Å². The predicted molar refractivity (Wildman–Crippen MR) is 43.1 cm³/mol. The van der Waals surface area contributed by atoms with Gasteiger partial charge in [-0.25, -0.2) is 4.39 Å². The van der Waals surface area contributed by atoms with E-state index in [0.717, 1.165) is 0 Å². The zero-order valence-corrected chi connectivity index (χ0v) is 10.5.